The van der Waals surface area contributed by atoms with E-state index in [-0.39, 0.29) is 23.9 Å². The summed E-state index contributed by atoms with van der Waals surface area (Å²) in [6.45, 7) is 3.79. The van der Waals surface area contributed by atoms with Crippen molar-refractivity contribution in [1.29, 1.82) is 5.26 Å². The Balaban J connectivity index is 2.24. The second kappa shape index (κ2) is 10.4. The van der Waals surface area contributed by atoms with Crippen LogP contribution in [0.2, 0.25) is 0 Å². The molecule has 0 saturated heterocycles. The number of nitriles is 1. The molecular formula is C21H20BrN3O5. The number of rotatable bonds is 8. The highest BCUT2D eigenvalue weighted by molar-refractivity contribution is 9.10. The molecule has 0 aliphatic carbocycles. The van der Waals surface area contributed by atoms with E-state index in [0.717, 1.165) is 5.56 Å². The fourth-order valence-electron chi connectivity index (χ4n) is 2.49. The zero-order chi connectivity index (χ0) is 22.3. The predicted molar refractivity (Wildman–Crippen MR) is 115 cm³/mol. The second-order valence-corrected chi connectivity index (χ2v) is 7.40. The van der Waals surface area contributed by atoms with E-state index in [9.17, 15) is 20.2 Å². The standard InChI is InChI=1S/C21H20BrN3O5/c1-13(2)24-21(26)16(11-23)8-15-9-18(22)20(19(10-15)29-3)30-12-14-4-6-17(7-5-14)25(27)28/h4-10,13H,12H2,1-3H3,(H,24,26)/b16-8-. The molecule has 0 aliphatic heterocycles. The summed E-state index contributed by atoms with van der Waals surface area (Å²) in [6, 6.07) is 11.2. The molecule has 0 fully saturated rings. The molecule has 0 aliphatic rings. The molecular weight excluding hydrogens is 454 g/mol. The van der Waals surface area contributed by atoms with Gasteiger partial charge in [-0.1, -0.05) is 0 Å². The van der Waals surface area contributed by atoms with Crippen LogP contribution in [0, 0.1) is 21.4 Å². The molecule has 2 aromatic rings. The van der Waals surface area contributed by atoms with Crippen LogP contribution < -0.4 is 14.8 Å². The van der Waals surface area contributed by atoms with E-state index in [0.29, 0.717) is 21.5 Å². The fourth-order valence-corrected chi connectivity index (χ4v) is 3.06. The molecule has 2 rings (SSSR count). The van der Waals surface area contributed by atoms with Gasteiger partial charge in [0, 0.05) is 18.2 Å². The lowest BCUT2D eigenvalue weighted by Crippen LogP contribution is -2.30. The predicted octanol–water partition coefficient (Wildman–Crippen LogP) is 4.38. The summed E-state index contributed by atoms with van der Waals surface area (Å²) < 4.78 is 11.8. The van der Waals surface area contributed by atoms with Gasteiger partial charge >= 0.3 is 0 Å². The van der Waals surface area contributed by atoms with Gasteiger partial charge in [0.25, 0.3) is 11.6 Å². The highest BCUT2D eigenvalue weighted by atomic mass is 79.9. The normalized spacial score (nSPS) is 11.0. The molecule has 1 N–H and O–H groups in total. The first-order valence-corrected chi connectivity index (χ1v) is 9.70. The van der Waals surface area contributed by atoms with Crippen LogP contribution in [0.25, 0.3) is 6.08 Å². The van der Waals surface area contributed by atoms with Gasteiger partial charge < -0.3 is 14.8 Å². The zero-order valence-corrected chi connectivity index (χ0v) is 18.2. The summed E-state index contributed by atoms with van der Waals surface area (Å²) in [4.78, 5) is 22.4. The Morgan fingerprint density at radius 1 is 1.33 bits per heavy atom. The molecule has 0 bridgehead atoms. The van der Waals surface area contributed by atoms with E-state index < -0.39 is 10.8 Å². The number of hydrogen-bond acceptors (Lipinski definition) is 6. The van der Waals surface area contributed by atoms with Crippen molar-refractivity contribution in [3.8, 4) is 17.6 Å². The number of benzene rings is 2. The maximum atomic E-state index is 12.1. The largest absolute Gasteiger partial charge is 0.493 e. The molecule has 2 aromatic carbocycles. The van der Waals surface area contributed by atoms with Gasteiger partial charge in [-0.3, -0.25) is 14.9 Å². The van der Waals surface area contributed by atoms with Crippen LogP contribution in [-0.4, -0.2) is 24.0 Å². The van der Waals surface area contributed by atoms with Crippen LogP contribution >= 0.6 is 15.9 Å². The fraction of sp³-hybridized carbons (Fsp3) is 0.238. The van der Waals surface area contributed by atoms with Crippen molar-refractivity contribution in [2.45, 2.75) is 26.5 Å². The third kappa shape index (κ3) is 6.06. The maximum absolute atomic E-state index is 12.1. The average molecular weight is 474 g/mol. The molecule has 0 spiro atoms. The molecule has 0 aromatic heterocycles. The van der Waals surface area contributed by atoms with Crippen molar-refractivity contribution in [3.05, 3.63) is 67.7 Å². The number of nitrogens with one attached hydrogen (secondary N) is 1. The Morgan fingerprint density at radius 2 is 2.00 bits per heavy atom. The number of nitro groups is 1. The molecule has 8 nitrogen and oxygen atoms in total. The molecule has 0 heterocycles. The molecule has 0 atom stereocenters. The molecule has 30 heavy (non-hydrogen) atoms. The van der Waals surface area contributed by atoms with Crippen LogP contribution in [0.4, 0.5) is 5.69 Å². The number of nitro benzene ring substituents is 1. The van der Waals surface area contributed by atoms with Crippen LogP contribution in [0.1, 0.15) is 25.0 Å². The number of carbonyl (C=O) groups is 1. The van der Waals surface area contributed by atoms with Crippen molar-refractivity contribution in [1.82, 2.24) is 5.32 Å². The van der Waals surface area contributed by atoms with Gasteiger partial charge in [-0.2, -0.15) is 5.26 Å². The Labute approximate surface area is 182 Å². The van der Waals surface area contributed by atoms with Crippen molar-refractivity contribution < 1.29 is 19.2 Å². The molecule has 0 unspecified atom stereocenters. The van der Waals surface area contributed by atoms with E-state index in [2.05, 4.69) is 21.2 Å². The SMILES string of the molecule is COc1cc(/C=C(/C#N)C(=O)NC(C)C)cc(Br)c1OCc1ccc([N+](=O)[O-])cc1. The number of hydrogen-bond donors (Lipinski definition) is 1. The lowest BCUT2D eigenvalue weighted by Gasteiger charge is -2.14. The van der Waals surface area contributed by atoms with Crippen molar-refractivity contribution in [2.75, 3.05) is 7.11 Å². The summed E-state index contributed by atoms with van der Waals surface area (Å²) in [5.74, 6) is 0.373. The Morgan fingerprint density at radius 3 is 2.53 bits per heavy atom. The highest BCUT2D eigenvalue weighted by Gasteiger charge is 2.15. The number of amides is 1. The third-order valence-electron chi connectivity index (χ3n) is 3.88. The molecule has 1 amide bonds. The van der Waals surface area contributed by atoms with E-state index in [1.165, 1.54) is 25.3 Å². The van der Waals surface area contributed by atoms with Gasteiger partial charge in [0.2, 0.25) is 0 Å². The summed E-state index contributed by atoms with van der Waals surface area (Å²) in [5.41, 5.74) is 1.30. The zero-order valence-electron chi connectivity index (χ0n) is 16.6. The van der Waals surface area contributed by atoms with E-state index >= 15 is 0 Å². The number of non-ortho nitro benzene ring substituents is 1. The van der Waals surface area contributed by atoms with Gasteiger partial charge in [0.1, 0.15) is 18.2 Å². The first-order valence-electron chi connectivity index (χ1n) is 8.91. The summed E-state index contributed by atoms with van der Waals surface area (Å²) in [5, 5.41) is 22.7. The minimum atomic E-state index is -0.465. The second-order valence-electron chi connectivity index (χ2n) is 6.54. The molecule has 9 heteroatoms. The number of carbonyl (C=O) groups excluding carboxylic acids is 1. The summed E-state index contributed by atoms with van der Waals surface area (Å²) >= 11 is 3.43. The number of halogens is 1. The first kappa shape index (κ1) is 22.9. The smallest absolute Gasteiger partial charge is 0.269 e. The highest BCUT2D eigenvalue weighted by Crippen LogP contribution is 2.37. The van der Waals surface area contributed by atoms with E-state index in [4.69, 9.17) is 9.47 Å². The van der Waals surface area contributed by atoms with E-state index in [1.807, 2.05) is 19.9 Å². The van der Waals surface area contributed by atoms with Gasteiger partial charge in [0.05, 0.1) is 16.5 Å². The molecule has 0 radical (unpaired) electrons. The summed E-state index contributed by atoms with van der Waals surface area (Å²) in [6.07, 6.45) is 1.46. The van der Waals surface area contributed by atoms with Gasteiger partial charge in [0.15, 0.2) is 11.5 Å². The number of nitrogens with zero attached hydrogens (tertiary/aromatic N) is 2. The number of methoxy groups -OCH3 is 1. The third-order valence-corrected chi connectivity index (χ3v) is 4.47. The topological polar surface area (TPSA) is 114 Å². The van der Waals surface area contributed by atoms with Crippen LogP contribution in [-0.2, 0) is 11.4 Å². The van der Waals surface area contributed by atoms with Gasteiger partial charge in [-0.25, -0.2) is 0 Å². The lowest BCUT2D eigenvalue weighted by molar-refractivity contribution is -0.384. The lowest BCUT2D eigenvalue weighted by atomic mass is 10.1. The van der Waals surface area contributed by atoms with E-state index in [1.54, 1.807) is 24.3 Å². The Kier molecular flexibility index (Phi) is 7.95. The van der Waals surface area contributed by atoms with Crippen molar-refractivity contribution in [2.24, 2.45) is 0 Å². The quantitative estimate of drug-likeness (QED) is 0.263. The minimum absolute atomic E-state index is 0.00320. The number of ether oxygens (including phenoxy) is 2. The van der Waals surface area contributed by atoms with Crippen molar-refractivity contribution in [3.63, 3.8) is 0 Å². The van der Waals surface area contributed by atoms with Gasteiger partial charge in [-0.15, -0.1) is 0 Å². The maximum Gasteiger partial charge on any atom is 0.269 e. The summed E-state index contributed by atoms with van der Waals surface area (Å²) in [7, 11) is 1.48. The average Bonchev–Trinajstić information content (AvgIpc) is 2.70. The minimum Gasteiger partial charge on any atom is -0.493 e. The Hall–Kier alpha value is -3.38. The Bertz CT molecular complexity index is 1010. The molecule has 156 valence electrons. The van der Waals surface area contributed by atoms with Crippen molar-refractivity contribution >= 4 is 33.6 Å². The monoisotopic (exact) mass is 473 g/mol. The van der Waals surface area contributed by atoms with Crippen LogP contribution in [0.5, 0.6) is 11.5 Å². The van der Waals surface area contributed by atoms with Crippen LogP contribution in [0.15, 0.2) is 46.4 Å². The van der Waals surface area contributed by atoms with Crippen LogP contribution in [0.3, 0.4) is 0 Å². The van der Waals surface area contributed by atoms with Gasteiger partial charge in [-0.05, 0) is 71.2 Å². The molecule has 0 saturated carbocycles. The first-order chi connectivity index (χ1) is 14.2.